The standard InChI is InChI=1S/C14H17/c1-2-4-6-8-10-12-14-13-11-9-7-5-3-1/h1-5,8-11H,6,12-14H2/b3-1-,4-2+,7-5?,10-8+,11-9-. The van der Waals surface area contributed by atoms with Gasteiger partial charge in [0.15, 0.2) is 0 Å². The van der Waals surface area contributed by atoms with Gasteiger partial charge in [-0.3, -0.25) is 0 Å². The summed E-state index contributed by atoms with van der Waals surface area (Å²) in [7, 11) is 0. The molecule has 0 atom stereocenters. The van der Waals surface area contributed by atoms with Crippen molar-refractivity contribution in [1.29, 1.82) is 0 Å². The first-order valence-corrected chi connectivity index (χ1v) is 5.21. The Bertz CT molecular complexity index is 262. The van der Waals surface area contributed by atoms with Crippen LogP contribution in [0.25, 0.3) is 0 Å². The van der Waals surface area contributed by atoms with Gasteiger partial charge < -0.3 is 0 Å². The second-order valence-corrected chi connectivity index (χ2v) is 3.19. The fourth-order valence-corrected chi connectivity index (χ4v) is 1.19. The van der Waals surface area contributed by atoms with Crippen molar-refractivity contribution < 1.29 is 0 Å². The highest BCUT2D eigenvalue weighted by Gasteiger charge is 1.79. The molecule has 0 saturated heterocycles. The van der Waals surface area contributed by atoms with E-state index in [1.165, 1.54) is 12.8 Å². The van der Waals surface area contributed by atoms with Crippen molar-refractivity contribution in [2.45, 2.75) is 25.7 Å². The smallest absolute Gasteiger partial charge is 0.0166 e. The Labute approximate surface area is 87.0 Å². The number of rotatable bonds is 0. The minimum atomic E-state index is 1.04. The van der Waals surface area contributed by atoms with Crippen molar-refractivity contribution in [3.63, 3.8) is 0 Å². The van der Waals surface area contributed by atoms with E-state index in [9.17, 15) is 0 Å². The Kier molecular flexibility index (Phi) is 6.39. The Morgan fingerprint density at radius 3 is 2.71 bits per heavy atom. The molecule has 0 heterocycles. The molecule has 0 aromatic carbocycles. The first-order valence-electron chi connectivity index (χ1n) is 5.21. The third kappa shape index (κ3) is 6.24. The van der Waals surface area contributed by atoms with Crippen LogP contribution in [-0.4, -0.2) is 0 Å². The summed E-state index contributed by atoms with van der Waals surface area (Å²) < 4.78 is 0. The predicted octanol–water partition coefficient (Wildman–Crippen LogP) is 4.14. The quantitative estimate of drug-likeness (QED) is 0.497. The SMILES string of the molecule is [C]1=C/C=C\C=C\C/C=C/CCC\C=C/1. The van der Waals surface area contributed by atoms with Gasteiger partial charge in [-0.2, -0.15) is 0 Å². The van der Waals surface area contributed by atoms with Crippen LogP contribution in [0.2, 0.25) is 0 Å². The summed E-state index contributed by atoms with van der Waals surface area (Å²) in [6, 6.07) is 0. The van der Waals surface area contributed by atoms with Gasteiger partial charge in [-0.15, -0.1) is 0 Å². The van der Waals surface area contributed by atoms with Crippen LogP contribution in [0.1, 0.15) is 25.7 Å². The van der Waals surface area contributed by atoms with Crippen molar-refractivity contribution in [3.05, 3.63) is 60.8 Å². The lowest BCUT2D eigenvalue weighted by Crippen LogP contribution is -1.69. The van der Waals surface area contributed by atoms with Crippen molar-refractivity contribution in [1.82, 2.24) is 0 Å². The Balaban J connectivity index is 2.46. The van der Waals surface area contributed by atoms with E-state index in [0.717, 1.165) is 12.8 Å². The van der Waals surface area contributed by atoms with Gasteiger partial charge in [0.2, 0.25) is 0 Å². The molecule has 0 saturated carbocycles. The zero-order chi connectivity index (χ0) is 9.90. The molecule has 1 aliphatic carbocycles. The molecule has 1 rings (SSSR count). The fraction of sp³-hybridized carbons (Fsp3) is 0.286. The summed E-state index contributed by atoms with van der Waals surface area (Å²) in [6.45, 7) is 0. The summed E-state index contributed by atoms with van der Waals surface area (Å²) >= 11 is 0. The number of hydrogen-bond acceptors (Lipinski definition) is 0. The van der Waals surface area contributed by atoms with Crippen molar-refractivity contribution in [2.24, 2.45) is 0 Å². The molecule has 14 heavy (non-hydrogen) atoms. The van der Waals surface area contributed by atoms with Gasteiger partial charge in [0.1, 0.15) is 0 Å². The van der Waals surface area contributed by atoms with Gasteiger partial charge in [0.25, 0.3) is 0 Å². The first-order chi connectivity index (χ1) is 7.00. The molecule has 73 valence electrons. The Morgan fingerprint density at radius 1 is 0.786 bits per heavy atom. The van der Waals surface area contributed by atoms with Crippen LogP contribution in [0.3, 0.4) is 0 Å². The highest BCUT2D eigenvalue weighted by molar-refractivity contribution is 5.13. The zero-order valence-electron chi connectivity index (χ0n) is 8.52. The summed E-state index contributed by atoms with van der Waals surface area (Å²) in [5.74, 6) is 0. The highest BCUT2D eigenvalue weighted by atomic mass is 13.9. The predicted molar refractivity (Wildman–Crippen MR) is 62.8 cm³/mol. The maximum atomic E-state index is 3.09. The number of hydrogen-bond donors (Lipinski definition) is 0. The lowest BCUT2D eigenvalue weighted by Gasteiger charge is -1.89. The Morgan fingerprint density at radius 2 is 1.71 bits per heavy atom. The van der Waals surface area contributed by atoms with Crippen LogP contribution in [0.5, 0.6) is 0 Å². The zero-order valence-corrected chi connectivity index (χ0v) is 8.52. The summed E-state index contributed by atoms with van der Waals surface area (Å²) in [4.78, 5) is 0. The van der Waals surface area contributed by atoms with Crippen LogP contribution in [0, 0.1) is 6.08 Å². The first kappa shape index (κ1) is 10.8. The normalized spacial score (nSPS) is 29.7. The number of allylic oxidation sites excluding steroid dienone is 10. The van der Waals surface area contributed by atoms with Crippen molar-refractivity contribution >= 4 is 0 Å². The molecule has 0 aromatic heterocycles. The highest BCUT2D eigenvalue weighted by Crippen LogP contribution is 1.99. The second kappa shape index (κ2) is 8.31. The molecule has 0 heteroatoms. The Hall–Kier alpha value is -1.30. The van der Waals surface area contributed by atoms with E-state index in [1.807, 2.05) is 24.3 Å². The maximum absolute atomic E-state index is 3.09. The molecule has 0 aromatic rings. The van der Waals surface area contributed by atoms with Crippen LogP contribution >= 0.6 is 0 Å². The molecule has 0 unspecified atom stereocenters. The van der Waals surface area contributed by atoms with E-state index >= 15 is 0 Å². The molecule has 1 radical (unpaired) electrons. The van der Waals surface area contributed by atoms with Gasteiger partial charge in [-0.1, -0.05) is 54.7 Å². The van der Waals surface area contributed by atoms with Gasteiger partial charge in [0, 0.05) is 0 Å². The minimum absolute atomic E-state index is 1.04. The average Bonchev–Trinajstić information content (AvgIpc) is 2.22. The minimum Gasteiger partial charge on any atom is -0.0882 e. The molecular formula is C14H17. The summed E-state index contributed by atoms with van der Waals surface area (Å²) in [5.41, 5.74) is 0. The third-order valence-corrected chi connectivity index (χ3v) is 1.95. The van der Waals surface area contributed by atoms with Crippen LogP contribution in [-0.2, 0) is 0 Å². The van der Waals surface area contributed by atoms with E-state index < -0.39 is 0 Å². The molecule has 0 aliphatic heterocycles. The average molecular weight is 185 g/mol. The molecule has 0 fully saturated rings. The lowest BCUT2D eigenvalue weighted by atomic mass is 10.2. The second-order valence-electron chi connectivity index (χ2n) is 3.19. The van der Waals surface area contributed by atoms with Gasteiger partial charge in [-0.25, -0.2) is 0 Å². The molecule has 0 bridgehead atoms. The van der Waals surface area contributed by atoms with Crippen molar-refractivity contribution in [2.75, 3.05) is 0 Å². The van der Waals surface area contributed by atoms with Crippen molar-refractivity contribution in [3.8, 4) is 0 Å². The molecule has 1 aliphatic rings. The van der Waals surface area contributed by atoms with Crippen LogP contribution in [0.4, 0.5) is 0 Å². The monoisotopic (exact) mass is 185 g/mol. The largest absolute Gasteiger partial charge is 0.0882 e. The molecular weight excluding hydrogens is 168 g/mol. The van der Waals surface area contributed by atoms with Crippen LogP contribution < -0.4 is 0 Å². The molecule has 0 nitrogen and oxygen atoms in total. The van der Waals surface area contributed by atoms with E-state index in [0.29, 0.717) is 0 Å². The fourth-order valence-electron chi connectivity index (χ4n) is 1.19. The topological polar surface area (TPSA) is 0 Å². The van der Waals surface area contributed by atoms with Gasteiger partial charge >= 0.3 is 0 Å². The van der Waals surface area contributed by atoms with Gasteiger partial charge in [-0.05, 0) is 31.8 Å². The van der Waals surface area contributed by atoms with E-state index in [-0.39, 0.29) is 0 Å². The summed E-state index contributed by atoms with van der Waals surface area (Å²) in [5, 5.41) is 0. The maximum Gasteiger partial charge on any atom is -0.0166 e. The van der Waals surface area contributed by atoms with E-state index in [4.69, 9.17) is 0 Å². The van der Waals surface area contributed by atoms with Crippen LogP contribution in [0.15, 0.2) is 54.7 Å². The van der Waals surface area contributed by atoms with E-state index in [1.54, 1.807) is 0 Å². The summed E-state index contributed by atoms with van der Waals surface area (Å²) in [6.07, 6.45) is 26.5. The van der Waals surface area contributed by atoms with Gasteiger partial charge in [0.05, 0.1) is 0 Å². The molecule has 0 amide bonds. The van der Waals surface area contributed by atoms with E-state index in [2.05, 4.69) is 36.5 Å². The third-order valence-electron chi connectivity index (χ3n) is 1.95. The lowest BCUT2D eigenvalue weighted by molar-refractivity contribution is 0.866. The molecule has 0 spiro atoms. The molecule has 0 N–H and O–H groups in total.